The van der Waals surface area contributed by atoms with Crippen molar-refractivity contribution in [1.29, 1.82) is 0 Å². The van der Waals surface area contributed by atoms with Crippen LogP contribution in [0.2, 0.25) is 0 Å². The summed E-state index contributed by atoms with van der Waals surface area (Å²) in [5.74, 6) is -0.974. The van der Waals surface area contributed by atoms with E-state index in [1.165, 1.54) is 11.9 Å². The third kappa shape index (κ3) is 7.39. The van der Waals surface area contributed by atoms with Gasteiger partial charge in [-0.3, -0.25) is 20.2 Å². The van der Waals surface area contributed by atoms with Gasteiger partial charge in [0, 0.05) is 19.5 Å². The van der Waals surface area contributed by atoms with E-state index in [9.17, 15) is 14.4 Å². The van der Waals surface area contributed by atoms with Gasteiger partial charge in [-0.1, -0.05) is 12.1 Å². The van der Waals surface area contributed by atoms with Crippen LogP contribution in [0, 0.1) is 0 Å². The van der Waals surface area contributed by atoms with Crippen LogP contribution >= 0.6 is 24.8 Å². The van der Waals surface area contributed by atoms with E-state index in [4.69, 9.17) is 22.9 Å². The number of nitrogens with two attached hydrogens (primary N) is 4. The van der Waals surface area contributed by atoms with Crippen LogP contribution in [-0.2, 0) is 9.59 Å². The van der Waals surface area contributed by atoms with E-state index in [1.54, 1.807) is 24.3 Å². The molecule has 1 aliphatic heterocycles. The third-order valence-corrected chi connectivity index (χ3v) is 4.02. The van der Waals surface area contributed by atoms with Gasteiger partial charge in [-0.2, -0.15) is 0 Å². The SMILES string of the molecule is CN(C(=O)CC(N)c1cccc(N=C(N)N)c1)C1CN=C(NC(N)=O)NC1=O.Cl.Cl. The summed E-state index contributed by atoms with van der Waals surface area (Å²) in [6.45, 7) is -0.0150. The smallest absolute Gasteiger partial charge is 0.318 e. The Morgan fingerprint density at radius 2 is 2.00 bits per heavy atom. The number of carbonyl (C=O) groups is 3. The number of primary amides is 1. The van der Waals surface area contributed by atoms with Crippen molar-refractivity contribution in [2.75, 3.05) is 13.6 Å². The molecule has 0 spiro atoms. The second-order valence-electron chi connectivity index (χ2n) is 6.13. The first-order valence-electron chi connectivity index (χ1n) is 8.30. The second-order valence-corrected chi connectivity index (χ2v) is 6.13. The number of halogens is 2. The molecule has 166 valence electrons. The first kappa shape index (κ1) is 26.9. The van der Waals surface area contributed by atoms with Gasteiger partial charge in [0.2, 0.25) is 11.9 Å². The summed E-state index contributed by atoms with van der Waals surface area (Å²) in [7, 11) is 1.48. The highest BCUT2D eigenvalue weighted by atomic mass is 35.5. The summed E-state index contributed by atoms with van der Waals surface area (Å²) < 4.78 is 0. The minimum Gasteiger partial charge on any atom is -0.370 e. The maximum absolute atomic E-state index is 12.6. The topological polar surface area (TPSA) is 207 Å². The van der Waals surface area contributed by atoms with Crippen LogP contribution < -0.4 is 33.6 Å². The lowest BCUT2D eigenvalue weighted by Gasteiger charge is -2.30. The molecule has 30 heavy (non-hydrogen) atoms. The first-order valence-corrected chi connectivity index (χ1v) is 8.30. The molecule has 1 aromatic rings. The number of carbonyl (C=O) groups excluding carboxylic acids is 3. The summed E-state index contributed by atoms with van der Waals surface area (Å²) in [5.41, 5.74) is 23.0. The van der Waals surface area contributed by atoms with Gasteiger partial charge in [0.05, 0.1) is 12.2 Å². The van der Waals surface area contributed by atoms with Crippen LogP contribution in [0.25, 0.3) is 0 Å². The van der Waals surface area contributed by atoms with Crippen LogP contribution in [-0.4, -0.2) is 54.3 Å². The standard InChI is InChI=1S/C16H23N9O3.2ClH/c1-25(11-7-21-16(23-13(11)27)24-15(20)28)12(26)6-10(17)8-3-2-4-9(5-8)22-14(18)19;;/h2-5,10-11H,6-7,17H2,1H3,(H4,18,19,22)(H4,20,21,23,24,27,28);2*1H. The highest BCUT2D eigenvalue weighted by Gasteiger charge is 2.31. The zero-order chi connectivity index (χ0) is 20.8. The van der Waals surface area contributed by atoms with Gasteiger partial charge in [-0.15, -0.1) is 24.8 Å². The van der Waals surface area contributed by atoms with Crippen LogP contribution in [0.3, 0.4) is 0 Å². The van der Waals surface area contributed by atoms with Crippen molar-refractivity contribution in [3.63, 3.8) is 0 Å². The number of hydrogen-bond donors (Lipinski definition) is 6. The number of guanidine groups is 2. The summed E-state index contributed by atoms with van der Waals surface area (Å²) in [5, 5.41) is 4.56. The van der Waals surface area contributed by atoms with Gasteiger partial charge in [0.25, 0.3) is 5.91 Å². The predicted molar refractivity (Wildman–Crippen MR) is 118 cm³/mol. The van der Waals surface area contributed by atoms with E-state index in [1.807, 2.05) is 0 Å². The van der Waals surface area contributed by atoms with Gasteiger partial charge in [0.15, 0.2) is 5.96 Å². The van der Waals surface area contributed by atoms with E-state index in [-0.39, 0.29) is 55.6 Å². The Labute approximate surface area is 185 Å². The molecule has 1 aromatic carbocycles. The van der Waals surface area contributed by atoms with E-state index in [2.05, 4.69) is 20.6 Å². The molecule has 0 fully saturated rings. The molecule has 0 bridgehead atoms. The fourth-order valence-corrected chi connectivity index (χ4v) is 2.58. The van der Waals surface area contributed by atoms with Crippen molar-refractivity contribution in [1.82, 2.24) is 15.5 Å². The molecule has 2 atom stereocenters. The van der Waals surface area contributed by atoms with Crippen molar-refractivity contribution in [2.24, 2.45) is 32.9 Å². The van der Waals surface area contributed by atoms with Crippen LogP contribution in [0.5, 0.6) is 0 Å². The van der Waals surface area contributed by atoms with E-state index in [0.717, 1.165) is 0 Å². The minimum absolute atomic E-state index is 0. The molecule has 1 aliphatic rings. The largest absolute Gasteiger partial charge is 0.370 e. The van der Waals surface area contributed by atoms with E-state index >= 15 is 0 Å². The zero-order valence-electron chi connectivity index (χ0n) is 16.1. The van der Waals surface area contributed by atoms with Crippen molar-refractivity contribution >= 4 is 60.3 Å². The molecule has 2 unspecified atom stereocenters. The average Bonchev–Trinajstić information content (AvgIpc) is 2.60. The highest BCUT2D eigenvalue weighted by Crippen LogP contribution is 2.21. The fraction of sp³-hybridized carbons (Fsp3) is 0.312. The molecule has 0 aromatic heterocycles. The number of amides is 4. The predicted octanol–water partition coefficient (Wildman–Crippen LogP) is -1.19. The number of likely N-dealkylation sites (N-methyl/N-ethyl adjacent to an activating group) is 1. The van der Waals surface area contributed by atoms with E-state index < -0.39 is 24.0 Å². The molecule has 0 saturated carbocycles. The van der Waals surface area contributed by atoms with Crippen LogP contribution in [0.1, 0.15) is 18.0 Å². The lowest BCUT2D eigenvalue weighted by Crippen LogP contribution is -2.58. The summed E-state index contributed by atoms with van der Waals surface area (Å²) in [6, 6.07) is 4.56. The number of rotatable bonds is 5. The number of aliphatic imine (C=N–C) groups is 2. The lowest BCUT2D eigenvalue weighted by atomic mass is 10.0. The van der Waals surface area contributed by atoms with Crippen molar-refractivity contribution in [2.45, 2.75) is 18.5 Å². The maximum Gasteiger partial charge on any atom is 0.318 e. The molecular formula is C16H25Cl2N9O3. The van der Waals surface area contributed by atoms with Gasteiger partial charge in [0.1, 0.15) is 6.04 Å². The summed E-state index contributed by atoms with van der Waals surface area (Å²) >= 11 is 0. The Morgan fingerprint density at radius 3 is 2.57 bits per heavy atom. The number of nitrogens with one attached hydrogen (secondary N) is 2. The Bertz CT molecular complexity index is 843. The monoisotopic (exact) mass is 461 g/mol. The fourth-order valence-electron chi connectivity index (χ4n) is 2.58. The summed E-state index contributed by atoms with van der Waals surface area (Å²) in [4.78, 5) is 44.8. The molecule has 12 nitrogen and oxygen atoms in total. The molecule has 0 saturated heterocycles. The highest BCUT2D eigenvalue weighted by molar-refractivity contribution is 6.07. The van der Waals surface area contributed by atoms with Crippen molar-refractivity contribution in [3.05, 3.63) is 29.8 Å². The first-order chi connectivity index (χ1) is 13.2. The number of urea groups is 1. The van der Waals surface area contributed by atoms with Crippen molar-refractivity contribution < 1.29 is 14.4 Å². The van der Waals surface area contributed by atoms with Gasteiger partial charge >= 0.3 is 6.03 Å². The zero-order valence-corrected chi connectivity index (χ0v) is 17.7. The Hall–Kier alpha value is -3.09. The molecular weight excluding hydrogens is 437 g/mol. The Balaban J connectivity index is 0.00000420. The number of hydrogen-bond acceptors (Lipinski definition) is 6. The average molecular weight is 462 g/mol. The summed E-state index contributed by atoms with van der Waals surface area (Å²) in [6.07, 6.45) is -0.0400. The Kier molecular flexibility index (Phi) is 10.6. The van der Waals surface area contributed by atoms with Crippen LogP contribution in [0.4, 0.5) is 10.5 Å². The molecule has 14 heteroatoms. The third-order valence-electron chi connectivity index (χ3n) is 4.02. The molecule has 1 heterocycles. The lowest BCUT2D eigenvalue weighted by molar-refractivity contribution is -0.138. The van der Waals surface area contributed by atoms with Gasteiger partial charge in [-0.25, -0.2) is 14.8 Å². The molecule has 2 rings (SSSR count). The molecule has 0 radical (unpaired) electrons. The molecule has 4 amide bonds. The van der Waals surface area contributed by atoms with Gasteiger partial charge < -0.3 is 27.8 Å². The quantitative estimate of drug-likeness (QED) is 0.234. The molecule has 0 aliphatic carbocycles. The second kappa shape index (κ2) is 11.8. The van der Waals surface area contributed by atoms with Gasteiger partial charge in [-0.05, 0) is 17.7 Å². The number of nitrogens with zero attached hydrogens (tertiary/aromatic N) is 3. The maximum atomic E-state index is 12.6. The normalized spacial score (nSPS) is 15.9. The van der Waals surface area contributed by atoms with E-state index in [0.29, 0.717) is 11.3 Å². The van der Waals surface area contributed by atoms with Crippen molar-refractivity contribution in [3.8, 4) is 0 Å². The minimum atomic E-state index is -0.851. The molecule has 10 N–H and O–H groups in total. The van der Waals surface area contributed by atoms with Crippen LogP contribution in [0.15, 0.2) is 34.3 Å². The Morgan fingerprint density at radius 1 is 1.33 bits per heavy atom. The number of benzene rings is 1.